The lowest BCUT2D eigenvalue weighted by molar-refractivity contribution is -0.145. The van der Waals surface area contributed by atoms with Gasteiger partial charge in [-0.05, 0) is 31.2 Å². The van der Waals surface area contributed by atoms with E-state index in [2.05, 4.69) is 10.3 Å². The SMILES string of the molecule is Cc1nc(-c2ccc(F)cc2)sc1C(=O)NC(CC(=O)O)C(=O)O. The van der Waals surface area contributed by atoms with Gasteiger partial charge >= 0.3 is 11.9 Å². The molecule has 1 amide bonds. The third-order valence-corrected chi connectivity index (χ3v) is 4.28. The van der Waals surface area contributed by atoms with Crippen LogP contribution < -0.4 is 5.32 Å². The second-order valence-corrected chi connectivity index (χ2v) is 5.90. The van der Waals surface area contributed by atoms with Gasteiger partial charge in [-0.1, -0.05) is 0 Å². The lowest BCUT2D eigenvalue weighted by Crippen LogP contribution is -2.42. The summed E-state index contributed by atoms with van der Waals surface area (Å²) in [5.41, 5.74) is 0.986. The van der Waals surface area contributed by atoms with Crippen LogP contribution in [0.25, 0.3) is 10.6 Å². The van der Waals surface area contributed by atoms with Crippen molar-refractivity contribution in [2.24, 2.45) is 0 Å². The van der Waals surface area contributed by atoms with Crippen LogP contribution in [0.15, 0.2) is 24.3 Å². The van der Waals surface area contributed by atoms with Crippen molar-refractivity contribution in [2.45, 2.75) is 19.4 Å². The normalized spacial score (nSPS) is 11.8. The number of carbonyl (C=O) groups is 3. The number of thiazole rings is 1. The number of carboxylic acids is 2. The maximum Gasteiger partial charge on any atom is 0.326 e. The van der Waals surface area contributed by atoms with Crippen molar-refractivity contribution >= 4 is 29.2 Å². The molecule has 0 saturated heterocycles. The van der Waals surface area contributed by atoms with E-state index in [0.29, 0.717) is 16.3 Å². The molecule has 2 aromatic rings. The summed E-state index contributed by atoms with van der Waals surface area (Å²) in [7, 11) is 0. The van der Waals surface area contributed by atoms with E-state index < -0.39 is 36.1 Å². The molecule has 9 heteroatoms. The van der Waals surface area contributed by atoms with Crippen LogP contribution in [0.3, 0.4) is 0 Å². The van der Waals surface area contributed by atoms with E-state index in [1.54, 1.807) is 6.92 Å². The number of nitrogens with zero attached hydrogens (tertiary/aromatic N) is 1. The number of nitrogens with one attached hydrogen (secondary N) is 1. The van der Waals surface area contributed by atoms with Gasteiger partial charge in [-0.25, -0.2) is 14.2 Å². The Balaban J connectivity index is 2.22. The lowest BCUT2D eigenvalue weighted by Gasteiger charge is -2.11. The molecular weight excluding hydrogens is 339 g/mol. The average molecular weight is 352 g/mol. The van der Waals surface area contributed by atoms with Crippen LogP contribution in [-0.4, -0.2) is 39.1 Å². The Morgan fingerprint density at radius 1 is 1.25 bits per heavy atom. The summed E-state index contributed by atoms with van der Waals surface area (Å²) >= 11 is 1.01. The molecule has 1 unspecified atom stereocenters. The number of hydrogen-bond acceptors (Lipinski definition) is 5. The van der Waals surface area contributed by atoms with Crippen molar-refractivity contribution in [3.05, 3.63) is 40.7 Å². The Bertz CT molecular complexity index is 788. The summed E-state index contributed by atoms with van der Waals surface area (Å²) in [5, 5.41) is 20.3. The van der Waals surface area contributed by atoms with Crippen LogP contribution in [0, 0.1) is 12.7 Å². The zero-order valence-corrected chi connectivity index (χ0v) is 13.3. The van der Waals surface area contributed by atoms with E-state index in [9.17, 15) is 18.8 Å². The van der Waals surface area contributed by atoms with E-state index in [1.165, 1.54) is 24.3 Å². The van der Waals surface area contributed by atoms with Gasteiger partial charge in [0, 0.05) is 5.56 Å². The highest BCUT2D eigenvalue weighted by atomic mass is 32.1. The van der Waals surface area contributed by atoms with Crippen molar-refractivity contribution in [3.63, 3.8) is 0 Å². The first-order valence-electron chi connectivity index (χ1n) is 6.76. The molecule has 1 aromatic carbocycles. The van der Waals surface area contributed by atoms with Crippen LogP contribution >= 0.6 is 11.3 Å². The van der Waals surface area contributed by atoms with Crippen molar-refractivity contribution in [2.75, 3.05) is 0 Å². The Hall–Kier alpha value is -2.81. The van der Waals surface area contributed by atoms with Gasteiger partial charge in [0.05, 0.1) is 12.1 Å². The van der Waals surface area contributed by atoms with Crippen LogP contribution in [0.4, 0.5) is 4.39 Å². The summed E-state index contributed by atoms with van der Waals surface area (Å²) in [6.45, 7) is 1.57. The molecule has 2 rings (SSSR count). The van der Waals surface area contributed by atoms with E-state index in [4.69, 9.17) is 10.2 Å². The van der Waals surface area contributed by atoms with Crippen molar-refractivity contribution < 1.29 is 29.0 Å². The van der Waals surface area contributed by atoms with Crippen LogP contribution in [-0.2, 0) is 9.59 Å². The molecule has 0 bridgehead atoms. The molecule has 0 radical (unpaired) electrons. The topological polar surface area (TPSA) is 117 Å². The number of hydrogen-bond donors (Lipinski definition) is 3. The summed E-state index contributed by atoms with van der Waals surface area (Å²) in [6.07, 6.45) is -0.732. The highest BCUT2D eigenvalue weighted by Crippen LogP contribution is 2.28. The Morgan fingerprint density at radius 2 is 1.88 bits per heavy atom. The predicted molar refractivity (Wildman–Crippen MR) is 83.4 cm³/mol. The van der Waals surface area contributed by atoms with Gasteiger partial charge in [0.25, 0.3) is 5.91 Å². The van der Waals surface area contributed by atoms with E-state index in [1.807, 2.05) is 0 Å². The molecule has 3 N–H and O–H groups in total. The molecule has 1 aromatic heterocycles. The van der Waals surface area contributed by atoms with Crippen molar-refractivity contribution in [1.82, 2.24) is 10.3 Å². The van der Waals surface area contributed by atoms with Gasteiger partial charge in [-0.3, -0.25) is 9.59 Å². The maximum atomic E-state index is 13.0. The lowest BCUT2D eigenvalue weighted by atomic mass is 10.2. The first kappa shape index (κ1) is 17.5. The highest BCUT2D eigenvalue weighted by molar-refractivity contribution is 7.17. The fraction of sp³-hybridized carbons (Fsp3) is 0.200. The second kappa shape index (κ2) is 7.18. The Morgan fingerprint density at radius 3 is 2.42 bits per heavy atom. The van der Waals surface area contributed by atoms with E-state index in [-0.39, 0.29) is 4.88 Å². The number of halogens is 1. The van der Waals surface area contributed by atoms with Gasteiger partial charge in [0.15, 0.2) is 0 Å². The zero-order valence-electron chi connectivity index (χ0n) is 12.4. The maximum absolute atomic E-state index is 13.0. The standard InChI is InChI=1S/C15H13FN2O5S/c1-7-12(13(21)18-10(15(22)23)6-11(19)20)24-14(17-7)8-2-4-9(16)5-3-8/h2-5,10H,6H2,1H3,(H,18,21)(H,19,20)(H,22,23). The summed E-state index contributed by atoms with van der Waals surface area (Å²) in [4.78, 5) is 38.3. The third kappa shape index (κ3) is 4.13. The van der Waals surface area contributed by atoms with Gasteiger partial charge in [-0.2, -0.15) is 0 Å². The number of benzene rings is 1. The van der Waals surface area contributed by atoms with Crippen LogP contribution in [0.2, 0.25) is 0 Å². The Kier molecular flexibility index (Phi) is 5.24. The summed E-state index contributed by atoms with van der Waals surface area (Å²) in [5.74, 6) is -3.89. The third-order valence-electron chi connectivity index (χ3n) is 3.08. The van der Waals surface area contributed by atoms with Gasteiger partial charge in [0.1, 0.15) is 21.7 Å². The monoisotopic (exact) mass is 352 g/mol. The molecule has 7 nitrogen and oxygen atoms in total. The molecule has 1 atom stereocenters. The average Bonchev–Trinajstić information content (AvgIpc) is 2.88. The second-order valence-electron chi connectivity index (χ2n) is 4.90. The molecule has 1 heterocycles. The number of carbonyl (C=O) groups excluding carboxylic acids is 1. The first-order chi connectivity index (χ1) is 11.3. The Labute approximate surface area is 139 Å². The minimum Gasteiger partial charge on any atom is -0.481 e. The van der Waals surface area contributed by atoms with Crippen LogP contribution in [0.5, 0.6) is 0 Å². The molecule has 0 spiro atoms. The van der Waals surface area contributed by atoms with Gasteiger partial charge in [0.2, 0.25) is 0 Å². The van der Waals surface area contributed by atoms with Crippen molar-refractivity contribution in [1.29, 1.82) is 0 Å². The number of aryl methyl sites for hydroxylation is 1. The fourth-order valence-corrected chi connectivity index (χ4v) is 2.90. The molecule has 126 valence electrons. The smallest absolute Gasteiger partial charge is 0.326 e. The van der Waals surface area contributed by atoms with Gasteiger partial charge < -0.3 is 15.5 Å². The minimum atomic E-state index is -1.54. The molecule has 0 fully saturated rings. The van der Waals surface area contributed by atoms with Crippen LogP contribution in [0.1, 0.15) is 21.8 Å². The molecule has 0 saturated carbocycles. The molecule has 0 aliphatic heterocycles. The fourth-order valence-electron chi connectivity index (χ4n) is 1.92. The zero-order chi connectivity index (χ0) is 17.9. The van der Waals surface area contributed by atoms with E-state index >= 15 is 0 Å². The first-order valence-corrected chi connectivity index (χ1v) is 7.58. The largest absolute Gasteiger partial charge is 0.481 e. The summed E-state index contributed by atoms with van der Waals surface area (Å²) in [6, 6.07) is 4.02. The number of aromatic nitrogens is 1. The predicted octanol–water partition coefficient (Wildman–Crippen LogP) is 1.92. The molecule has 0 aliphatic rings. The highest BCUT2D eigenvalue weighted by Gasteiger charge is 2.25. The van der Waals surface area contributed by atoms with Gasteiger partial charge in [-0.15, -0.1) is 11.3 Å². The number of amides is 1. The van der Waals surface area contributed by atoms with Crippen molar-refractivity contribution in [3.8, 4) is 10.6 Å². The summed E-state index contributed by atoms with van der Waals surface area (Å²) < 4.78 is 13.0. The molecule has 0 aliphatic carbocycles. The quantitative estimate of drug-likeness (QED) is 0.731. The molecular formula is C15H13FN2O5S. The number of rotatable bonds is 6. The van der Waals surface area contributed by atoms with E-state index in [0.717, 1.165) is 11.3 Å². The molecule has 24 heavy (non-hydrogen) atoms. The minimum absolute atomic E-state index is 0.172. The number of carboxylic acid groups (broad SMARTS) is 2. The number of aliphatic carboxylic acids is 2.